The molecule has 0 radical (unpaired) electrons. The number of ether oxygens (including phenoxy) is 1. The molecule has 1 fully saturated rings. The zero-order chi connectivity index (χ0) is 14.0. The largest absolute Gasteiger partial charge is 0.479 e. The monoisotopic (exact) mass is 264 g/mol. The van der Waals surface area contributed by atoms with Gasteiger partial charge >= 0.3 is 5.69 Å². The lowest BCUT2D eigenvalue weighted by Crippen LogP contribution is -2.14. The fraction of sp³-hybridized carbons (Fsp3) is 0.333. The van der Waals surface area contributed by atoms with Gasteiger partial charge in [0.25, 0.3) is 0 Å². The number of benzene rings is 1. The van der Waals surface area contributed by atoms with Gasteiger partial charge in [0.2, 0.25) is 5.91 Å². The van der Waals surface area contributed by atoms with Crippen LogP contribution in [0.25, 0.3) is 0 Å². The zero-order valence-corrected chi connectivity index (χ0v) is 10.00. The van der Waals surface area contributed by atoms with Crippen molar-refractivity contribution in [2.24, 2.45) is 11.7 Å². The summed E-state index contributed by atoms with van der Waals surface area (Å²) >= 11 is 0. The average Bonchev–Trinajstić information content (AvgIpc) is 3.19. The first-order valence-electron chi connectivity index (χ1n) is 5.73. The van der Waals surface area contributed by atoms with E-state index in [1.54, 1.807) is 0 Å². The molecule has 0 spiro atoms. The second-order valence-electron chi connectivity index (χ2n) is 4.33. The summed E-state index contributed by atoms with van der Waals surface area (Å²) in [6.45, 7) is -0.193. The molecule has 0 aliphatic heterocycles. The molecule has 2 rings (SSSR count). The van der Waals surface area contributed by atoms with Gasteiger partial charge in [-0.15, -0.1) is 0 Å². The van der Waals surface area contributed by atoms with Gasteiger partial charge in [0.05, 0.1) is 4.92 Å². The summed E-state index contributed by atoms with van der Waals surface area (Å²) in [6, 6.07) is 3.64. The van der Waals surface area contributed by atoms with E-state index in [9.17, 15) is 19.7 Å². The molecule has 7 heteroatoms. The zero-order valence-electron chi connectivity index (χ0n) is 10.00. The van der Waals surface area contributed by atoms with Crippen LogP contribution in [0.4, 0.5) is 5.69 Å². The molecular formula is C12H12N2O5. The number of Topliss-reactive ketones (excluding diaryl/α,β-unsaturated/α-hetero) is 1. The summed E-state index contributed by atoms with van der Waals surface area (Å²) < 4.78 is 5.15. The van der Waals surface area contributed by atoms with Gasteiger partial charge in [-0.2, -0.15) is 0 Å². The molecule has 2 N–H and O–H groups in total. The van der Waals surface area contributed by atoms with Crippen molar-refractivity contribution in [2.45, 2.75) is 12.8 Å². The van der Waals surface area contributed by atoms with E-state index in [0.717, 1.165) is 18.9 Å². The Bertz CT molecular complexity index is 551. The molecule has 100 valence electrons. The summed E-state index contributed by atoms with van der Waals surface area (Å²) in [5, 5.41) is 10.9. The molecule has 1 aliphatic carbocycles. The van der Waals surface area contributed by atoms with E-state index in [-0.39, 0.29) is 35.3 Å². The molecule has 1 aromatic carbocycles. The fourth-order valence-electron chi connectivity index (χ4n) is 1.61. The predicted octanol–water partition coefficient (Wildman–Crippen LogP) is 1.05. The quantitative estimate of drug-likeness (QED) is 0.609. The molecule has 1 amide bonds. The van der Waals surface area contributed by atoms with Crippen LogP contribution in [-0.2, 0) is 4.79 Å². The first-order chi connectivity index (χ1) is 8.99. The third kappa shape index (κ3) is 3.06. The first kappa shape index (κ1) is 13.0. The number of nitro benzene ring substituents is 1. The van der Waals surface area contributed by atoms with Crippen LogP contribution in [-0.4, -0.2) is 23.2 Å². The highest BCUT2D eigenvalue weighted by atomic mass is 16.6. The lowest BCUT2D eigenvalue weighted by Gasteiger charge is -2.06. The first-order valence-corrected chi connectivity index (χ1v) is 5.73. The molecule has 0 unspecified atom stereocenters. The number of carbonyl (C=O) groups is 2. The number of hydrogen-bond donors (Lipinski definition) is 1. The van der Waals surface area contributed by atoms with Gasteiger partial charge in [0.15, 0.2) is 11.5 Å². The number of rotatable bonds is 6. The molecule has 0 aromatic heterocycles. The Kier molecular flexibility index (Phi) is 3.46. The van der Waals surface area contributed by atoms with Gasteiger partial charge in [0, 0.05) is 17.5 Å². The van der Waals surface area contributed by atoms with Crippen LogP contribution in [0.3, 0.4) is 0 Å². The SMILES string of the molecule is NC(=O)c1ccc(OCC(=O)C2CC2)c([N+](=O)[O-])c1. The summed E-state index contributed by atoms with van der Waals surface area (Å²) in [5.41, 5.74) is 4.69. The summed E-state index contributed by atoms with van der Waals surface area (Å²) in [4.78, 5) is 32.6. The highest BCUT2D eigenvalue weighted by molar-refractivity contribution is 5.93. The minimum absolute atomic E-state index is 0.0209. The third-order valence-electron chi connectivity index (χ3n) is 2.84. The number of amides is 1. The fourth-order valence-corrected chi connectivity index (χ4v) is 1.61. The van der Waals surface area contributed by atoms with E-state index in [2.05, 4.69) is 0 Å². The third-order valence-corrected chi connectivity index (χ3v) is 2.84. The van der Waals surface area contributed by atoms with Crippen LogP contribution in [0.1, 0.15) is 23.2 Å². The maximum absolute atomic E-state index is 11.5. The number of primary amides is 1. The molecule has 0 bridgehead atoms. The number of carbonyl (C=O) groups excluding carboxylic acids is 2. The topological polar surface area (TPSA) is 113 Å². The lowest BCUT2D eigenvalue weighted by molar-refractivity contribution is -0.385. The average molecular weight is 264 g/mol. The lowest BCUT2D eigenvalue weighted by atomic mass is 10.2. The summed E-state index contributed by atoms with van der Waals surface area (Å²) in [6.07, 6.45) is 1.70. The van der Waals surface area contributed by atoms with E-state index in [4.69, 9.17) is 10.5 Å². The van der Waals surface area contributed by atoms with E-state index >= 15 is 0 Å². The van der Waals surface area contributed by atoms with Crippen LogP contribution in [0, 0.1) is 16.0 Å². The molecule has 1 aliphatic rings. The van der Waals surface area contributed by atoms with E-state index < -0.39 is 10.8 Å². The molecular weight excluding hydrogens is 252 g/mol. The van der Waals surface area contributed by atoms with Crippen LogP contribution in [0.5, 0.6) is 5.75 Å². The molecule has 0 saturated heterocycles. The minimum atomic E-state index is -0.760. The Morgan fingerprint density at radius 3 is 2.63 bits per heavy atom. The Labute approximate surface area is 108 Å². The van der Waals surface area contributed by atoms with Crippen LogP contribution >= 0.6 is 0 Å². The van der Waals surface area contributed by atoms with Crippen LogP contribution < -0.4 is 10.5 Å². The highest BCUT2D eigenvalue weighted by Crippen LogP contribution is 2.31. The van der Waals surface area contributed by atoms with Crippen molar-refractivity contribution in [1.29, 1.82) is 0 Å². The number of hydrogen-bond acceptors (Lipinski definition) is 5. The second-order valence-corrected chi connectivity index (χ2v) is 4.33. The van der Waals surface area contributed by atoms with Gasteiger partial charge in [-0.3, -0.25) is 19.7 Å². The van der Waals surface area contributed by atoms with Crippen molar-refractivity contribution in [2.75, 3.05) is 6.61 Å². The molecule has 0 heterocycles. The van der Waals surface area contributed by atoms with Crippen molar-refractivity contribution in [3.05, 3.63) is 33.9 Å². The van der Waals surface area contributed by atoms with E-state index in [1.165, 1.54) is 12.1 Å². The van der Waals surface area contributed by atoms with E-state index in [1.807, 2.05) is 0 Å². The molecule has 0 atom stereocenters. The summed E-state index contributed by atoms with van der Waals surface area (Å²) in [7, 11) is 0. The number of nitrogens with two attached hydrogens (primary N) is 1. The van der Waals surface area contributed by atoms with E-state index in [0.29, 0.717) is 0 Å². The standard InChI is InChI=1S/C12H12N2O5/c13-12(16)8-3-4-11(9(5-8)14(17)18)19-6-10(15)7-1-2-7/h3-5,7H,1-2,6H2,(H2,13,16). The molecule has 1 aromatic rings. The van der Waals surface area contributed by atoms with Gasteiger partial charge in [0.1, 0.15) is 6.61 Å². The molecule has 7 nitrogen and oxygen atoms in total. The van der Waals surface area contributed by atoms with Crippen molar-refractivity contribution in [3.8, 4) is 5.75 Å². The maximum atomic E-state index is 11.5. The number of ketones is 1. The van der Waals surface area contributed by atoms with Crippen LogP contribution in [0.2, 0.25) is 0 Å². The smallest absolute Gasteiger partial charge is 0.311 e. The minimum Gasteiger partial charge on any atom is -0.479 e. The van der Waals surface area contributed by atoms with Crippen molar-refractivity contribution in [1.82, 2.24) is 0 Å². The van der Waals surface area contributed by atoms with Crippen molar-refractivity contribution < 1.29 is 19.2 Å². The second kappa shape index (κ2) is 5.05. The number of nitro groups is 1. The van der Waals surface area contributed by atoms with Gasteiger partial charge in [-0.1, -0.05) is 0 Å². The van der Waals surface area contributed by atoms with Crippen molar-refractivity contribution >= 4 is 17.4 Å². The molecule has 1 saturated carbocycles. The van der Waals surface area contributed by atoms with Gasteiger partial charge in [-0.25, -0.2) is 0 Å². The number of nitrogens with zero attached hydrogens (tertiary/aromatic N) is 1. The van der Waals surface area contributed by atoms with Gasteiger partial charge in [-0.05, 0) is 25.0 Å². The molecule has 19 heavy (non-hydrogen) atoms. The Hall–Kier alpha value is -2.44. The Morgan fingerprint density at radius 1 is 1.42 bits per heavy atom. The van der Waals surface area contributed by atoms with Crippen LogP contribution in [0.15, 0.2) is 18.2 Å². The van der Waals surface area contributed by atoms with Gasteiger partial charge < -0.3 is 10.5 Å². The Balaban J connectivity index is 2.16. The highest BCUT2D eigenvalue weighted by Gasteiger charge is 2.30. The Morgan fingerprint density at radius 2 is 2.11 bits per heavy atom. The summed E-state index contributed by atoms with van der Waals surface area (Å²) in [5.74, 6) is -0.829. The predicted molar refractivity (Wildman–Crippen MR) is 64.8 cm³/mol. The maximum Gasteiger partial charge on any atom is 0.311 e. The van der Waals surface area contributed by atoms with Crippen molar-refractivity contribution in [3.63, 3.8) is 0 Å². The normalized spacial score (nSPS) is 13.9.